The number of nitrogens with zero attached hydrogens (tertiary/aromatic N) is 3. The zero-order valence-corrected chi connectivity index (χ0v) is 12.1. The molecule has 0 atom stereocenters. The smallest absolute Gasteiger partial charge is 0.142 e. The van der Waals surface area contributed by atoms with Crippen LogP contribution in [-0.2, 0) is 0 Å². The molecular weight excluding hydrogens is 272 g/mol. The average molecular weight is 286 g/mol. The molecule has 0 radical (unpaired) electrons. The number of aryl methyl sites for hydroxylation is 1. The summed E-state index contributed by atoms with van der Waals surface area (Å²) in [5.41, 5.74) is 10.6. The van der Waals surface area contributed by atoms with Crippen LogP contribution in [0.1, 0.15) is 11.1 Å². The van der Waals surface area contributed by atoms with Crippen LogP contribution in [0.4, 0.5) is 5.82 Å². The highest BCUT2D eigenvalue weighted by Gasteiger charge is 2.13. The fourth-order valence-corrected chi connectivity index (χ4v) is 2.28. The number of pyridine rings is 2. The molecule has 3 rings (SSSR count). The number of nitriles is 1. The normalized spacial score (nSPS) is 10.2. The van der Waals surface area contributed by atoms with Gasteiger partial charge in [-0.2, -0.15) is 5.26 Å². The molecule has 0 aliphatic carbocycles. The molecule has 22 heavy (non-hydrogen) atoms. The number of anilines is 1. The van der Waals surface area contributed by atoms with E-state index in [1.807, 2.05) is 55.5 Å². The Hall–Kier alpha value is -3.19. The minimum atomic E-state index is 0.223. The van der Waals surface area contributed by atoms with Gasteiger partial charge in [0.2, 0.25) is 0 Å². The maximum absolute atomic E-state index is 9.36. The molecule has 0 amide bonds. The predicted molar refractivity (Wildman–Crippen MR) is 86.8 cm³/mol. The Kier molecular flexibility index (Phi) is 3.55. The Morgan fingerprint density at radius 1 is 1.05 bits per heavy atom. The summed E-state index contributed by atoms with van der Waals surface area (Å²) in [7, 11) is 0. The quantitative estimate of drug-likeness (QED) is 0.781. The van der Waals surface area contributed by atoms with Crippen LogP contribution in [0.5, 0.6) is 0 Å². The molecule has 0 aliphatic rings. The van der Waals surface area contributed by atoms with E-state index in [4.69, 9.17) is 5.73 Å². The lowest BCUT2D eigenvalue weighted by atomic mass is 10.0. The molecule has 0 aliphatic heterocycles. The van der Waals surface area contributed by atoms with Crippen molar-refractivity contribution in [3.05, 3.63) is 65.9 Å². The first kappa shape index (κ1) is 13.8. The molecule has 106 valence electrons. The second-order valence-corrected chi connectivity index (χ2v) is 5.01. The van der Waals surface area contributed by atoms with Crippen molar-refractivity contribution in [2.24, 2.45) is 0 Å². The number of aromatic nitrogens is 2. The van der Waals surface area contributed by atoms with Crippen LogP contribution in [0.25, 0.3) is 22.5 Å². The summed E-state index contributed by atoms with van der Waals surface area (Å²) < 4.78 is 0. The van der Waals surface area contributed by atoms with Gasteiger partial charge in [-0.1, -0.05) is 35.9 Å². The fraction of sp³-hybridized carbons (Fsp3) is 0.0556. The van der Waals surface area contributed by atoms with Gasteiger partial charge in [0.05, 0.1) is 11.4 Å². The SMILES string of the molecule is Cc1ccc(-c2cc(-c3ccccn3)c(C#N)c(N)n2)cc1. The Labute approximate surface area is 128 Å². The van der Waals surface area contributed by atoms with Crippen LogP contribution in [0.15, 0.2) is 54.7 Å². The number of hydrogen-bond donors (Lipinski definition) is 1. The van der Waals surface area contributed by atoms with Gasteiger partial charge in [0.25, 0.3) is 0 Å². The maximum atomic E-state index is 9.36. The molecule has 2 N–H and O–H groups in total. The van der Waals surface area contributed by atoms with Gasteiger partial charge in [0, 0.05) is 17.3 Å². The van der Waals surface area contributed by atoms with Crippen LogP contribution in [0.2, 0.25) is 0 Å². The summed E-state index contributed by atoms with van der Waals surface area (Å²) >= 11 is 0. The van der Waals surface area contributed by atoms with Gasteiger partial charge in [-0.3, -0.25) is 4.98 Å². The summed E-state index contributed by atoms with van der Waals surface area (Å²) in [6, 6.07) is 17.6. The predicted octanol–water partition coefficient (Wildman–Crippen LogP) is 3.57. The summed E-state index contributed by atoms with van der Waals surface area (Å²) in [5, 5.41) is 9.36. The molecule has 3 aromatic rings. The van der Waals surface area contributed by atoms with E-state index in [-0.39, 0.29) is 5.82 Å². The van der Waals surface area contributed by atoms with Crippen molar-refractivity contribution in [2.75, 3.05) is 5.73 Å². The summed E-state index contributed by atoms with van der Waals surface area (Å²) in [5.74, 6) is 0.223. The van der Waals surface area contributed by atoms with Gasteiger partial charge < -0.3 is 5.73 Å². The molecule has 0 saturated carbocycles. The third-order valence-corrected chi connectivity index (χ3v) is 3.45. The number of nitrogens with two attached hydrogens (primary N) is 1. The van der Waals surface area contributed by atoms with E-state index in [9.17, 15) is 5.26 Å². The molecule has 0 fully saturated rings. The van der Waals surface area contributed by atoms with Crippen molar-refractivity contribution in [1.29, 1.82) is 5.26 Å². The highest BCUT2D eigenvalue weighted by molar-refractivity contribution is 5.78. The highest BCUT2D eigenvalue weighted by Crippen LogP contribution is 2.29. The zero-order chi connectivity index (χ0) is 15.5. The van der Waals surface area contributed by atoms with Gasteiger partial charge in [-0.25, -0.2) is 4.98 Å². The van der Waals surface area contributed by atoms with Gasteiger partial charge in [0.1, 0.15) is 17.5 Å². The third kappa shape index (κ3) is 2.52. The van der Waals surface area contributed by atoms with Crippen molar-refractivity contribution in [1.82, 2.24) is 9.97 Å². The second-order valence-electron chi connectivity index (χ2n) is 5.01. The first-order valence-electron chi connectivity index (χ1n) is 6.88. The van der Waals surface area contributed by atoms with Crippen molar-refractivity contribution in [3.63, 3.8) is 0 Å². The molecule has 4 nitrogen and oxygen atoms in total. The van der Waals surface area contributed by atoms with Crippen molar-refractivity contribution >= 4 is 5.82 Å². The lowest BCUT2D eigenvalue weighted by molar-refractivity contribution is 1.27. The average Bonchev–Trinajstić information content (AvgIpc) is 2.55. The summed E-state index contributed by atoms with van der Waals surface area (Å²) in [4.78, 5) is 8.67. The standard InChI is InChI=1S/C18H14N4/c1-12-5-7-13(8-6-12)17-10-14(15(11-19)18(20)22-17)16-4-2-3-9-21-16/h2-10H,1H3,(H2,20,22). The van der Waals surface area contributed by atoms with E-state index < -0.39 is 0 Å². The Morgan fingerprint density at radius 3 is 2.45 bits per heavy atom. The van der Waals surface area contributed by atoms with Crippen LogP contribution in [0, 0.1) is 18.3 Å². The number of nitrogen functional groups attached to an aromatic ring is 1. The second kappa shape index (κ2) is 5.66. The van der Waals surface area contributed by atoms with E-state index in [1.54, 1.807) is 6.20 Å². The van der Waals surface area contributed by atoms with Crippen molar-refractivity contribution in [2.45, 2.75) is 6.92 Å². The molecule has 0 saturated heterocycles. The van der Waals surface area contributed by atoms with Gasteiger partial charge in [0.15, 0.2) is 0 Å². The number of benzene rings is 1. The Morgan fingerprint density at radius 2 is 1.82 bits per heavy atom. The Bertz CT molecular complexity index is 847. The zero-order valence-electron chi connectivity index (χ0n) is 12.1. The fourth-order valence-electron chi connectivity index (χ4n) is 2.28. The third-order valence-electron chi connectivity index (χ3n) is 3.45. The molecule has 2 heterocycles. The van der Waals surface area contributed by atoms with E-state index in [0.29, 0.717) is 16.8 Å². The van der Waals surface area contributed by atoms with E-state index in [2.05, 4.69) is 16.0 Å². The van der Waals surface area contributed by atoms with Crippen LogP contribution in [-0.4, -0.2) is 9.97 Å². The Balaban J connectivity index is 2.21. The monoisotopic (exact) mass is 286 g/mol. The molecule has 0 bridgehead atoms. The lowest BCUT2D eigenvalue weighted by Crippen LogP contribution is -2.00. The minimum Gasteiger partial charge on any atom is -0.383 e. The topological polar surface area (TPSA) is 75.6 Å². The summed E-state index contributed by atoms with van der Waals surface area (Å²) in [6.07, 6.45) is 1.69. The van der Waals surface area contributed by atoms with Crippen molar-refractivity contribution in [3.8, 4) is 28.6 Å². The molecule has 0 unspecified atom stereocenters. The van der Waals surface area contributed by atoms with E-state index in [0.717, 1.165) is 11.3 Å². The van der Waals surface area contributed by atoms with Crippen LogP contribution >= 0.6 is 0 Å². The van der Waals surface area contributed by atoms with E-state index in [1.165, 1.54) is 5.56 Å². The maximum Gasteiger partial charge on any atom is 0.142 e. The molecule has 0 spiro atoms. The van der Waals surface area contributed by atoms with E-state index >= 15 is 0 Å². The van der Waals surface area contributed by atoms with Gasteiger partial charge in [-0.15, -0.1) is 0 Å². The number of hydrogen-bond acceptors (Lipinski definition) is 4. The van der Waals surface area contributed by atoms with Gasteiger partial charge >= 0.3 is 0 Å². The lowest BCUT2D eigenvalue weighted by Gasteiger charge is -2.09. The molecule has 4 heteroatoms. The van der Waals surface area contributed by atoms with Gasteiger partial charge in [-0.05, 0) is 25.1 Å². The molecule has 2 aromatic heterocycles. The highest BCUT2D eigenvalue weighted by atomic mass is 14.9. The summed E-state index contributed by atoms with van der Waals surface area (Å²) in [6.45, 7) is 2.03. The molecular formula is C18H14N4. The molecule has 1 aromatic carbocycles. The van der Waals surface area contributed by atoms with Crippen LogP contribution < -0.4 is 5.73 Å². The number of rotatable bonds is 2. The first-order valence-corrected chi connectivity index (χ1v) is 6.88. The first-order chi connectivity index (χ1) is 10.7. The van der Waals surface area contributed by atoms with Crippen molar-refractivity contribution < 1.29 is 0 Å². The van der Waals surface area contributed by atoms with Crippen LogP contribution in [0.3, 0.4) is 0 Å². The minimum absolute atomic E-state index is 0.223. The largest absolute Gasteiger partial charge is 0.383 e.